The summed E-state index contributed by atoms with van der Waals surface area (Å²) in [5.74, 6) is -7.18. The first-order valence-electron chi connectivity index (χ1n) is 24.7. The number of nitrogens with zero attached hydrogens (tertiary/aromatic N) is 1. The number of aromatic amines is 1. The zero-order valence-electron chi connectivity index (χ0n) is 41.6. The summed E-state index contributed by atoms with van der Waals surface area (Å²) in [7, 11) is 0. The van der Waals surface area contributed by atoms with Crippen LogP contribution in [0.4, 0.5) is 0 Å². The van der Waals surface area contributed by atoms with Crippen LogP contribution in [0.25, 0.3) is 10.8 Å². The van der Waals surface area contributed by atoms with Gasteiger partial charge in [-0.1, -0.05) is 92.6 Å². The minimum absolute atomic E-state index is 0.00231. The van der Waals surface area contributed by atoms with Crippen molar-refractivity contribution in [3.05, 3.63) is 102 Å². The molecule has 9 amide bonds. The van der Waals surface area contributed by atoms with E-state index < -0.39 is 95.5 Å². The second kappa shape index (κ2) is 28.6. The number of nitrogens with two attached hydrogens (primary N) is 2. The van der Waals surface area contributed by atoms with Gasteiger partial charge in [-0.25, -0.2) is 4.98 Å². The summed E-state index contributed by atoms with van der Waals surface area (Å²) in [6.45, 7) is 3.05. The monoisotopic (exact) mass is 1020 g/mol. The predicted molar refractivity (Wildman–Crippen MR) is 274 cm³/mol. The van der Waals surface area contributed by atoms with Gasteiger partial charge in [0.25, 0.3) is 0 Å². The van der Waals surface area contributed by atoms with E-state index in [2.05, 4.69) is 57.8 Å². The summed E-state index contributed by atoms with van der Waals surface area (Å²) in [5.41, 5.74) is 13.0. The van der Waals surface area contributed by atoms with Gasteiger partial charge >= 0.3 is 0 Å². The summed E-state index contributed by atoms with van der Waals surface area (Å²) in [5, 5.41) is 33.6. The van der Waals surface area contributed by atoms with Gasteiger partial charge in [0.1, 0.15) is 42.3 Å². The molecule has 0 bridgehead atoms. The molecule has 4 aromatic rings. The van der Waals surface area contributed by atoms with Gasteiger partial charge in [0.05, 0.1) is 12.0 Å². The van der Waals surface area contributed by atoms with E-state index in [1.54, 1.807) is 36.4 Å². The molecule has 23 nitrogen and oxygen atoms in total. The molecule has 0 radical (unpaired) electrons. The lowest BCUT2D eigenvalue weighted by molar-refractivity contribution is -0.135. The number of amides is 9. The minimum atomic E-state index is -1.44. The summed E-state index contributed by atoms with van der Waals surface area (Å²) < 4.78 is 0. The van der Waals surface area contributed by atoms with E-state index in [0.29, 0.717) is 29.7 Å². The van der Waals surface area contributed by atoms with Crippen molar-refractivity contribution in [2.24, 2.45) is 11.5 Å². The Labute approximate surface area is 428 Å². The molecule has 2 heterocycles. The van der Waals surface area contributed by atoms with Gasteiger partial charge in [-0.05, 0) is 54.0 Å². The van der Waals surface area contributed by atoms with Crippen molar-refractivity contribution in [2.75, 3.05) is 13.1 Å². The van der Waals surface area contributed by atoms with Crippen LogP contribution in [-0.4, -0.2) is 124 Å². The van der Waals surface area contributed by atoms with Crippen molar-refractivity contribution in [2.45, 2.75) is 127 Å². The lowest BCUT2D eigenvalue weighted by Crippen LogP contribution is -2.60. The van der Waals surface area contributed by atoms with E-state index >= 15 is 0 Å². The average molecular weight is 1020 g/mol. The molecule has 396 valence electrons. The number of benzene rings is 3. The number of primary amides is 1. The Balaban J connectivity index is 1.51. The molecule has 15 N–H and O–H groups in total. The van der Waals surface area contributed by atoms with Gasteiger partial charge in [0.15, 0.2) is 5.96 Å². The van der Waals surface area contributed by atoms with Crippen LogP contribution < -0.4 is 59.3 Å². The molecule has 3 aromatic carbocycles. The standard InChI is InChI=1S/C51H68N14O9/c1-3-4-15-36(59-30(2)66)45(69)61-38-19-20-43(67)56-23-21-39(48(72)63-40(44(52)68)26-32-17-18-33-13-8-9-14-34(33)24-32)62-46(70)37(16-10-22-57-51(53)54)60-49(73)41(25-31-11-6-5-7-12-31)64-50(74)42(65-47(38)71)27-35-28-55-29-58-35/h5-9,11-14,17-18,24,28-29,36-42H,3-4,10,15-16,19-23,25-27H2,1-2H3,(H2,52,68)(H,55,58)(H,56,67)(H,59,66)(H,60,73)(H,61,69)(H,62,70)(H,63,72)(H,64,74)(H,65,71)(H4,53,54,57)/t36-,37-,38-,39?,40-,41+,42-/m0/s1. The number of carbonyl (C=O) groups is 9. The third-order valence-corrected chi connectivity index (χ3v) is 12.3. The lowest BCUT2D eigenvalue weighted by Gasteiger charge is -2.28. The third kappa shape index (κ3) is 18.3. The minimum Gasteiger partial charge on any atom is -0.370 e. The molecule has 1 fully saturated rings. The Morgan fingerprint density at radius 3 is 2.11 bits per heavy atom. The van der Waals surface area contributed by atoms with E-state index in [1.165, 1.54) is 19.4 Å². The molecule has 23 heteroatoms. The van der Waals surface area contributed by atoms with Crippen molar-refractivity contribution in [3.63, 3.8) is 0 Å². The van der Waals surface area contributed by atoms with Crippen molar-refractivity contribution in [1.82, 2.24) is 57.8 Å². The summed E-state index contributed by atoms with van der Waals surface area (Å²) in [4.78, 5) is 132. The number of hydrogen-bond donors (Lipinski definition) is 13. The molecular weight excluding hydrogens is 953 g/mol. The van der Waals surface area contributed by atoms with Crippen molar-refractivity contribution in [3.8, 4) is 0 Å². The Morgan fingerprint density at radius 2 is 1.43 bits per heavy atom. The maximum absolute atomic E-state index is 14.6. The molecule has 1 aliphatic heterocycles. The number of guanidine groups is 1. The van der Waals surface area contributed by atoms with E-state index in [1.807, 2.05) is 43.3 Å². The van der Waals surface area contributed by atoms with Gasteiger partial charge in [0, 0.05) is 51.9 Å². The van der Waals surface area contributed by atoms with Crippen molar-refractivity contribution < 1.29 is 43.2 Å². The number of carbonyl (C=O) groups excluding carboxylic acids is 9. The smallest absolute Gasteiger partial charge is 0.243 e. The number of H-pyrrole nitrogens is 1. The second-order valence-electron chi connectivity index (χ2n) is 18.2. The quantitative estimate of drug-likeness (QED) is 0.0313. The van der Waals surface area contributed by atoms with Crippen molar-refractivity contribution >= 4 is 69.9 Å². The summed E-state index contributed by atoms with van der Waals surface area (Å²) >= 11 is 0. The number of nitrogens with one attached hydrogen (secondary N) is 11. The molecule has 5 rings (SSSR count). The summed E-state index contributed by atoms with van der Waals surface area (Å²) in [6, 6.07) is 12.5. The molecule has 1 saturated heterocycles. The van der Waals surface area contributed by atoms with Gasteiger partial charge in [0.2, 0.25) is 53.2 Å². The van der Waals surface area contributed by atoms with E-state index in [4.69, 9.17) is 16.9 Å². The first-order chi connectivity index (χ1) is 35.5. The molecule has 74 heavy (non-hydrogen) atoms. The maximum Gasteiger partial charge on any atom is 0.243 e. The zero-order chi connectivity index (χ0) is 53.6. The van der Waals surface area contributed by atoms with Crippen LogP contribution in [0.15, 0.2) is 85.3 Å². The molecule has 1 unspecified atom stereocenters. The fraction of sp³-hybridized carbons (Fsp3) is 0.431. The highest BCUT2D eigenvalue weighted by molar-refractivity contribution is 5.98. The van der Waals surface area contributed by atoms with Crippen LogP contribution in [0.1, 0.15) is 82.0 Å². The maximum atomic E-state index is 14.6. The van der Waals surface area contributed by atoms with Crippen molar-refractivity contribution in [1.29, 1.82) is 5.41 Å². The van der Waals surface area contributed by atoms with E-state index in [-0.39, 0.29) is 76.8 Å². The van der Waals surface area contributed by atoms with Crippen LogP contribution in [0, 0.1) is 5.41 Å². The van der Waals surface area contributed by atoms with Gasteiger partial charge in [-0.3, -0.25) is 48.6 Å². The first-order valence-corrected chi connectivity index (χ1v) is 24.7. The molecule has 0 aliphatic carbocycles. The first kappa shape index (κ1) is 56.5. The largest absolute Gasteiger partial charge is 0.370 e. The second-order valence-corrected chi connectivity index (χ2v) is 18.2. The lowest BCUT2D eigenvalue weighted by atomic mass is 10.0. The zero-order valence-corrected chi connectivity index (χ0v) is 41.6. The van der Waals surface area contributed by atoms with Crippen LogP contribution >= 0.6 is 0 Å². The Morgan fingerprint density at radius 1 is 0.757 bits per heavy atom. The fourth-order valence-electron chi connectivity index (χ4n) is 8.32. The van der Waals surface area contributed by atoms with E-state index in [9.17, 15) is 43.2 Å². The Hall–Kier alpha value is -8.37. The van der Waals surface area contributed by atoms with E-state index in [0.717, 1.165) is 10.8 Å². The van der Waals surface area contributed by atoms with Crippen LogP contribution in [0.5, 0.6) is 0 Å². The average Bonchev–Trinajstić information content (AvgIpc) is 3.89. The van der Waals surface area contributed by atoms with Gasteiger partial charge < -0.3 is 64.3 Å². The highest BCUT2D eigenvalue weighted by atomic mass is 16.2. The SMILES string of the molecule is CCCC[C@H](NC(C)=O)C(=O)N[C@H]1CCC(=O)NCCC(C(=O)N[C@@H](Cc2ccc3ccccc3c2)C(N)=O)NC(=O)[C@H](CCCNC(=N)N)NC(=O)[C@@H](Cc2ccccc2)NC(=O)[C@H](Cc2c[nH]cn2)NC1=O. The molecular formula is C51H68N14O9. The molecule has 1 aliphatic rings. The number of fused-ring (bicyclic) bond motifs is 1. The fourth-order valence-corrected chi connectivity index (χ4v) is 8.32. The molecule has 7 atom stereocenters. The highest BCUT2D eigenvalue weighted by Gasteiger charge is 2.35. The molecule has 0 spiro atoms. The Kier molecular flexibility index (Phi) is 21.9. The Bertz CT molecular complexity index is 2600. The number of aromatic nitrogens is 2. The molecule has 0 saturated carbocycles. The predicted octanol–water partition coefficient (Wildman–Crippen LogP) is -0.757. The normalized spacial score (nSPS) is 20.0. The molecule has 1 aromatic heterocycles. The number of imidazole rings is 1. The van der Waals surface area contributed by atoms with Gasteiger partial charge in [-0.15, -0.1) is 0 Å². The van der Waals surface area contributed by atoms with Crippen LogP contribution in [-0.2, 0) is 62.4 Å². The highest BCUT2D eigenvalue weighted by Crippen LogP contribution is 2.17. The number of hydrogen-bond acceptors (Lipinski definition) is 11. The van der Waals surface area contributed by atoms with Gasteiger partial charge in [-0.2, -0.15) is 0 Å². The number of rotatable bonds is 19. The van der Waals surface area contributed by atoms with Crippen LogP contribution in [0.2, 0.25) is 0 Å². The topological polar surface area (TPSA) is 366 Å². The number of unbranched alkanes of at least 4 members (excludes halogenated alkanes) is 1. The third-order valence-electron chi connectivity index (χ3n) is 12.3. The van der Waals surface area contributed by atoms with Crippen LogP contribution in [0.3, 0.4) is 0 Å². The summed E-state index contributed by atoms with van der Waals surface area (Å²) in [6.07, 6.45) is 3.32.